The quantitative estimate of drug-likeness (QED) is 0.737. The molecule has 0 fully saturated rings. The molecule has 1 aromatic heterocycles. The Labute approximate surface area is 90.2 Å². The molecule has 2 heteroatoms. The summed E-state index contributed by atoms with van der Waals surface area (Å²) in [6.45, 7) is 0. The van der Waals surface area contributed by atoms with Crippen LogP contribution in [-0.2, 0) is 0 Å². The zero-order valence-corrected chi connectivity index (χ0v) is 9.01. The van der Waals surface area contributed by atoms with E-state index in [1.807, 2.05) is 38.5 Å². The van der Waals surface area contributed by atoms with E-state index in [9.17, 15) is 0 Å². The van der Waals surface area contributed by atoms with Crippen LogP contribution in [0.25, 0.3) is 11.3 Å². The minimum atomic E-state index is 1.02. The summed E-state index contributed by atoms with van der Waals surface area (Å²) in [6.07, 6.45) is 1.82. The third kappa shape index (κ3) is 2.15. The van der Waals surface area contributed by atoms with Crippen LogP contribution < -0.4 is 4.90 Å². The maximum atomic E-state index is 4.33. The van der Waals surface area contributed by atoms with Crippen molar-refractivity contribution in [3.05, 3.63) is 48.7 Å². The Bertz CT molecular complexity index is 435. The van der Waals surface area contributed by atoms with E-state index in [1.54, 1.807) is 0 Å². The Morgan fingerprint density at radius 1 is 1.00 bits per heavy atom. The highest BCUT2D eigenvalue weighted by atomic mass is 15.1. The van der Waals surface area contributed by atoms with Crippen molar-refractivity contribution in [2.24, 2.45) is 0 Å². The molecule has 15 heavy (non-hydrogen) atoms. The van der Waals surface area contributed by atoms with E-state index in [0.29, 0.717) is 0 Å². The van der Waals surface area contributed by atoms with E-state index >= 15 is 0 Å². The lowest BCUT2D eigenvalue weighted by atomic mass is 10.1. The Kier molecular flexibility index (Phi) is 2.68. The summed E-state index contributed by atoms with van der Waals surface area (Å²) >= 11 is 0. The monoisotopic (exact) mass is 198 g/mol. The van der Waals surface area contributed by atoms with E-state index in [1.165, 1.54) is 5.69 Å². The highest BCUT2D eigenvalue weighted by Gasteiger charge is 2.00. The SMILES string of the molecule is CN(C)c1cccc(-c2ccccn2)c1. The first-order valence-electron chi connectivity index (χ1n) is 4.96. The molecule has 1 heterocycles. The minimum Gasteiger partial charge on any atom is -0.378 e. The summed E-state index contributed by atoms with van der Waals surface area (Å²) in [5, 5.41) is 0. The molecular formula is C13H14N2. The van der Waals surface area contributed by atoms with Crippen molar-refractivity contribution in [3.63, 3.8) is 0 Å². The van der Waals surface area contributed by atoms with Crippen LogP contribution in [0.1, 0.15) is 0 Å². The van der Waals surface area contributed by atoms with Crippen molar-refractivity contribution in [1.29, 1.82) is 0 Å². The van der Waals surface area contributed by atoms with Crippen LogP contribution in [0, 0.1) is 0 Å². The molecule has 0 spiro atoms. The molecule has 0 aliphatic rings. The molecule has 76 valence electrons. The van der Waals surface area contributed by atoms with Gasteiger partial charge in [0.15, 0.2) is 0 Å². The number of pyridine rings is 1. The second-order valence-corrected chi connectivity index (χ2v) is 3.66. The molecule has 2 aromatic rings. The summed E-state index contributed by atoms with van der Waals surface area (Å²) in [7, 11) is 4.08. The smallest absolute Gasteiger partial charge is 0.0702 e. The third-order valence-corrected chi connectivity index (χ3v) is 2.32. The highest BCUT2D eigenvalue weighted by molar-refractivity contribution is 5.65. The minimum absolute atomic E-state index is 1.02. The van der Waals surface area contributed by atoms with E-state index in [4.69, 9.17) is 0 Å². The van der Waals surface area contributed by atoms with Gasteiger partial charge >= 0.3 is 0 Å². The second-order valence-electron chi connectivity index (χ2n) is 3.66. The van der Waals surface area contributed by atoms with Gasteiger partial charge in [0.25, 0.3) is 0 Å². The molecule has 0 saturated carbocycles. The van der Waals surface area contributed by atoms with Crippen LogP contribution in [0.4, 0.5) is 5.69 Å². The summed E-state index contributed by atoms with van der Waals surface area (Å²) in [5.41, 5.74) is 3.36. The van der Waals surface area contributed by atoms with E-state index in [-0.39, 0.29) is 0 Å². The number of hydrogen-bond donors (Lipinski definition) is 0. The molecule has 0 aliphatic heterocycles. The third-order valence-electron chi connectivity index (χ3n) is 2.32. The predicted molar refractivity (Wildman–Crippen MR) is 64.0 cm³/mol. The largest absolute Gasteiger partial charge is 0.378 e. The Morgan fingerprint density at radius 2 is 1.87 bits per heavy atom. The maximum absolute atomic E-state index is 4.33. The molecule has 0 saturated heterocycles. The molecule has 0 N–H and O–H groups in total. The van der Waals surface area contributed by atoms with Crippen molar-refractivity contribution in [2.45, 2.75) is 0 Å². The van der Waals surface area contributed by atoms with Gasteiger partial charge in [-0.3, -0.25) is 4.98 Å². The lowest BCUT2D eigenvalue weighted by Crippen LogP contribution is -2.08. The maximum Gasteiger partial charge on any atom is 0.0702 e. The molecule has 0 unspecified atom stereocenters. The van der Waals surface area contributed by atoms with Gasteiger partial charge in [0.05, 0.1) is 5.69 Å². The van der Waals surface area contributed by atoms with Gasteiger partial charge in [-0.1, -0.05) is 18.2 Å². The fourth-order valence-corrected chi connectivity index (χ4v) is 1.48. The zero-order valence-electron chi connectivity index (χ0n) is 9.01. The van der Waals surface area contributed by atoms with Crippen LogP contribution in [0.15, 0.2) is 48.7 Å². The van der Waals surface area contributed by atoms with Gasteiger partial charge in [-0.25, -0.2) is 0 Å². The van der Waals surface area contributed by atoms with Gasteiger partial charge in [-0.15, -0.1) is 0 Å². The molecule has 0 radical (unpaired) electrons. The van der Waals surface area contributed by atoms with Crippen LogP contribution in [-0.4, -0.2) is 19.1 Å². The average Bonchev–Trinajstić information content (AvgIpc) is 2.30. The lowest BCUT2D eigenvalue weighted by molar-refractivity contribution is 1.13. The fourth-order valence-electron chi connectivity index (χ4n) is 1.48. The number of hydrogen-bond acceptors (Lipinski definition) is 2. The van der Waals surface area contributed by atoms with Crippen LogP contribution in [0.2, 0.25) is 0 Å². The van der Waals surface area contributed by atoms with Crippen LogP contribution in [0.3, 0.4) is 0 Å². The zero-order chi connectivity index (χ0) is 10.7. The lowest BCUT2D eigenvalue weighted by Gasteiger charge is -2.13. The predicted octanol–water partition coefficient (Wildman–Crippen LogP) is 2.81. The molecule has 0 atom stereocenters. The van der Waals surface area contributed by atoms with Crippen molar-refractivity contribution in [3.8, 4) is 11.3 Å². The van der Waals surface area contributed by atoms with Crippen molar-refractivity contribution < 1.29 is 0 Å². The normalized spacial score (nSPS) is 10.0. The average molecular weight is 198 g/mol. The first-order valence-corrected chi connectivity index (χ1v) is 4.96. The first kappa shape index (κ1) is 9.71. The number of rotatable bonds is 2. The van der Waals surface area contributed by atoms with E-state index in [0.717, 1.165) is 11.3 Å². The molecule has 2 nitrogen and oxygen atoms in total. The van der Waals surface area contributed by atoms with Crippen LogP contribution >= 0.6 is 0 Å². The number of benzene rings is 1. The van der Waals surface area contributed by atoms with Crippen molar-refractivity contribution in [1.82, 2.24) is 4.98 Å². The Hall–Kier alpha value is -1.83. The Balaban J connectivity index is 2.42. The van der Waals surface area contributed by atoms with Gasteiger partial charge in [-0.05, 0) is 24.3 Å². The van der Waals surface area contributed by atoms with Crippen molar-refractivity contribution in [2.75, 3.05) is 19.0 Å². The Morgan fingerprint density at radius 3 is 2.53 bits per heavy atom. The number of nitrogens with zero attached hydrogens (tertiary/aromatic N) is 2. The van der Waals surface area contributed by atoms with Gasteiger partial charge in [-0.2, -0.15) is 0 Å². The van der Waals surface area contributed by atoms with Gasteiger partial charge in [0.1, 0.15) is 0 Å². The molecule has 0 aliphatic carbocycles. The molecular weight excluding hydrogens is 184 g/mol. The summed E-state index contributed by atoms with van der Waals surface area (Å²) < 4.78 is 0. The summed E-state index contributed by atoms with van der Waals surface area (Å²) in [6, 6.07) is 14.3. The molecule has 0 bridgehead atoms. The van der Waals surface area contributed by atoms with E-state index in [2.05, 4.69) is 34.1 Å². The summed E-state index contributed by atoms with van der Waals surface area (Å²) in [4.78, 5) is 6.42. The highest BCUT2D eigenvalue weighted by Crippen LogP contribution is 2.21. The molecule has 0 amide bonds. The second kappa shape index (κ2) is 4.13. The summed E-state index contributed by atoms with van der Waals surface area (Å²) in [5.74, 6) is 0. The van der Waals surface area contributed by atoms with Crippen LogP contribution in [0.5, 0.6) is 0 Å². The molecule has 1 aromatic carbocycles. The van der Waals surface area contributed by atoms with E-state index < -0.39 is 0 Å². The number of anilines is 1. The van der Waals surface area contributed by atoms with Crippen molar-refractivity contribution >= 4 is 5.69 Å². The van der Waals surface area contributed by atoms with Gasteiger partial charge in [0, 0.05) is 31.5 Å². The fraction of sp³-hybridized carbons (Fsp3) is 0.154. The topological polar surface area (TPSA) is 16.1 Å². The molecule has 2 rings (SSSR count). The van der Waals surface area contributed by atoms with Gasteiger partial charge < -0.3 is 4.90 Å². The standard InChI is InChI=1S/C13H14N2/c1-15(2)12-7-5-6-11(10-12)13-8-3-4-9-14-13/h3-10H,1-2H3. The first-order chi connectivity index (χ1) is 7.27. The van der Waals surface area contributed by atoms with Gasteiger partial charge in [0.2, 0.25) is 0 Å². The number of aromatic nitrogens is 1.